The highest BCUT2D eigenvalue weighted by Crippen LogP contribution is 2.21. The summed E-state index contributed by atoms with van der Waals surface area (Å²) in [7, 11) is 0. The van der Waals surface area contributed by atoms with E-state index in [-0.39, 0.29) is 5.91 Å². The average Bonchev–Trinajstić information content (AvgIpc) is 3.19. The number of amides is 1. The first kappa shape index (κ1) is 15.3. The van der Waals surface area contributed by atoms with E-state index in [9.17, 15) is 4.79 Å². The van der Waals surface area contributed by atoms with Crippen LogP contribution in [0.15, 0.2) is 42.7 Å². The molecule has 0 unspecified atom stereocenters. The number of carbonyl (C=O) groups excluding carboxylic acids is 1. The number of rotatable bonds is 6. The van der Waals surface area contributed by atoms with Gasteiger partial charge in [-0.25, -0.2) is 0 Å². The number of aryl methyl sites for hydroxylation is 1. The zero-order valence-corrected chi connectivity index (χ0v) is 13.5. The molecule has 5 nitrogen and oxygen atoms in total. The molecule has 0 aliphatic heterocycles. The molecule has 2 heterocycles. The highest BCUT2D eigenvalue weighted by molar-refractivity contribution is 5.98. The summed E-state index contributed by atoms with van der Waals surface area (Å²) >= 11 is 0. The van der Waals surface area contributed by atoms with E-state index in [1.807, 2.05) is 23.0 Å². The van der Waals surface area contributed by atoms with E-state index in [1.54, 1.807) is 6.20 Å². The number of nitrogens with zero attached hydrogens (tertiary/aromatic N) is 2. The van der Waals surface area contributed by atoms with Crippen molar-refractivity contribution in [2.24, 2.45) is 0 Å². The van der Waals surface area contributed by atoms with Crippen molar-refractivity contribution >= 4 is 16.8 Å². The number of aromatic nitrogens is 3. The van der Waals surface area contributed by atoms with Gasteiger partial charge in [0.2, 0.25) is 0 Å². The lowest BCUT2D eigenvalue weighted by Crippen LogP contribution is -2.25. The second-order valence-electron chi connectivity index (χ2n) is 6.06. The molecule has 2 N–H and O–H groups in total. The monoisotopic (exact) mass is 310 g/mol. The van der Waals surface area contributed by atoms with E-state index in [0.717, 1.165) is 23.9 Å². The maximum absolute atomic E-state index is 12.2. The van der Waals surface area contributed by atoms with E-state index < -0.39 is 0 Å². The molecule has 0 aliphatic carbocycles. The molecule has 0 atom stereocenters. The maximum Gasteiger partial charge on any atom is 0.267 e. The van der Waals surface area contributed by atoms with Crippen molar-refractivity contribution in [3.63, 3.8) is 0 Å². The molecule has 0 bridgehead atoms. The first-order chi connectivity index (χ1) is 11.1. The lowest BCUT2D eigenvalue weighted by Gasteiger charge is -2.04. The van der Waals surface area contributed by atoms with Crippen molar-refractivity contribution in [2.75, 3.05) is 6.54 Å². The SMILES string of the molecule is CC(C)c1ccc2cc(C(=O)NCCCn3cccn3)[nH]c2c1. The van der Waals surface area contributed by atoms with E-state index in [0.29, 0.717) is 18.2 Å². The van der Waals surface area contributed by atoms with E-state index >= 15 is 0 Å². The number of fused-ring (bicyclic) bond motifs is 1. The third-order valence-electron chi connectivity index (χ3n) is 3.97. The molecule has 0 radical (unpaired) electrons. The smallest absolute Gasteiger partial charge is 0.267 e. The predicted molar refractivity (Wildman–Crippen MR) is 91.6 cm³/mol. The fraction of sp³-hybridized carbons (Fsp3) is 0.333. The van der Waals surface area contributed by atoms with Crippen LogP contribution in [0.1, 0.15) is 42.2 Å². The standard InChI is InChI=1S/C18H22N4O/c1-13(2)14-5-6-15-12-17(21-16(15)11-14)18(23)19-7-3-9-22-10-4-8-20-22/h4-6,8,10-13,21H,3,7,9H2,1-2H3,(H,19,23). The van der Waals surface area contributed by atoms with Crippen molar-refractivity contribution in [1.82, 2.24) is 20.1 Å². The Morgan fingerprint density at radius 1 is 1.35 bits per heavy atom. The summed E-state index contributed by atoms with van der Waals surface area (Å²) in [5.41, 5.74) is 2.89. The number of nitrogens with one attached hydrogen (secondary N) is 2. The topological polar surface area (TPSA) is 62.7 Å². The lowest BCUT2D eigenvalue weighted by molar-refractivity contribution is 0.0948. The quantitative estimate of drug-likeness (QED) is 0.686. The molecule has 0 saturated heterocycles. The highest BCUT2D eigenvalue weighted by atomic mass is 16.1. The minimum absolute atomic E-state index is 0.0623. The van der Waals surface area contributed by atoms with Crippen molar-refractivity contribution in [3.8, 4) is 0 Å². The van der Waals surface area contributed by atoms with Gasteiger partial charge in [-0.3, -0.25) is 9.48 Å². The van der Waals surface area contributed by atoms with E-state index in [4.69, 9.17) is 0 Å². The van der Waals surface area contributed by atoms with Crippen LogP contribution in [0, 0.1) is 0 Å². The minimum atomic E-state index is -0.0623. The van der Waals surface area contributed by atoms with Gasteiger partial charge in [-0.1, -0.05) is 26.0 Å². The molecular weight excluding hydrogens is 288 g/mol. The first-order valence-electron chi connectivity index (χ1n) is 8.02. The summed E-state index contributed by atoms with van der Waals surface area (Å²) in [6.07, 6.45) is 4.53. The Hall–Kier alpha value is -2.56. The Morgan fingerprint density at radius 2 is 2.22 bits per heavy atom. The van der Waals surface area contributed by atoms with Crippen molar-refractivity contribution in [3.05, 3.63) is 54.0 Å². The molecule has 0 aliphatic rings. The van der Waals surface area contributed by atoms with Gasteiger partial charge >= 0.3 is 0 Å². The number of carbonyl (C=O) groups is 1. The third kappa shape index (κ3) is 3.62. The van der Waals surface area contributed by atoms with Crippen LogP contribution in [0.25, 0.3) is 10.9 Å². The highest BCUT2D eigenvalue weighted by Gasteiger charge is 2.10. The predicted octanol–water partition coefficient (Wildman–Crippen LogP) is 3.31. The molecule has 5 heteroatoms. The van der Waals surface area contributed by atoms with Gasteiger partial charge in [0.1, 0.15) is 5.69 Å². The Morgan fingerprint density at radius 3 is 2.96 bits per heavy atom. The number of benzene rings is 1. The van der Waals surface area contributed by atoms with Gasteiger partial charge in [0.15, 0.2) is 0 Å². The summed E-state index contributed by atoms with van der Waals surface area (Å²) in [4.78, 5) is 15.4. The molecule has 0 fully saturated rings. The van der Waals surface area contributed by atoms with Crippen LogP contribution in [-0.4, -0.2) is 27.2 Å². The molecule has 3 rings (SSSR count). The summed E-state index contributed by atoms with van der Waals surface area (Å²) in [6.45, 7) is 5.76. The van der Waals surface area contributed by atoms with Crippen LogP contribution in [-0.2, 0) is 6.54 Å². The molecule has 120 valence electrons. The van der Waals surface area contributed by atoms with Crippen LogP contribution in [0.4, 0.5) is 0 Å². The van der Waals surface area contributed by atoms with Gasteiger partial charge in [0.25, 0.3) is 5.91 Å². The van der Waals surface area contributed by atoms with Crippen molar-refractivity contribution < 1.29 is 4.79 Å². The summed E-state index contributed by atoms with van der Waals surface area (Å²) in [6, 6.07) is 10.1. The Bertz CT molecular complexity index is 787. The lowest BCUT2D eigenvalue weighted by atomic mass is 10.0. The molecular formula is C18H22N4O. The van der Waals surface area contributed by atoms with Gasteiger partial charge in [0, 0.05) is 36.4 Å². The summed E-state index contributed by atoms with van der Waals surface area (Å²) in [5, 5.41) is 8.15. The fourth-order valence-electron chi connectivity index (χ4n) is 2.60. The normalized spacial score (nSPS) is 11.3. The van der Waals surface area contributed by atoms with Crippen LogP contribution >= 0.6 is 0 Å². The number of H-pyrrole nitrogens is 1. The van der Waals surface area contributed by atoms with Crippen molar-refractivity contribution in [2.45, 2.75) is 32.7 Å². The zero-order chi connectivity index (χ0) is 16.2. The number of aromatic amines is 1. The molecule has 1 amide bonds. The molecule has 3 aromatic rings. The Balaban J connectivity index is 1.59. The number of hydrogen-bond acceptors (Lipinski definition) is 2. The van der Waals surface area contributed by atoms with Crippen molar-refractivity contribution in [1.29, 1.82) is 0 Å². The van der Waals surface area contributed by atoms with Gasteiger partial charge in [0.05, 0.1) is 0 Å². The van der Waals surface area contributed by atoms with Crippen LogP contribution < -0.4 is 5.32 Å². The van der Waals surface area contributed by atoms with Gasteiger partial charge in [-0.2, -0.15) is 5.10 Å². The Labute approximate surface area is 135 Å². The molecule has 0 saturated carbocycles. The third-order valence-corrected chi connectivity index (χ3v) is 3.97. The van der Waals surface area contributed by atoms with Crippen LogP contribution in [0.3, 0.4) is 0 Å². The molecule has 23 heavy (non-hydrogen) atoms. The number of hydrogen-bond donors (Lipinski definition) is 2. The summed E-state index contributed by atoms with van der Waals surface area (Å²) < 4.78 is 1.86. The Kier molecular flexibility index (Phi) is 4.46. The zero-order valence-electron chi connectivity index (χ0n) is 13.5. The van der Waals surface area contributed by atoms with Gasteiger partial charge in [-0.15, -0.1) is 0 Å². The van der Waals surface area contributed by atoms with Crippen LogP contribution in [0.2, 0.25) is 0 Å². The second kappa shape index (κ2) is 6.69. The second-order valence-corrected chi connectivity index (χ2v) is 6.06. The minimum Gasteiger partial charge on any atom is -0.351 e. The molecule has 1 aromatic carbocycles. The molecule has 0 spiro atoms. The maximum atomic E-state index is 12.2. The van der Waals surface area contributed by atoms with E-state index in [1.165, 1.54) is 5.56 Å². The van der Waals surface area contributed by atoms with E-state index in [2.05, 4.69) is 47.4 Å². The molecule has 2 aromatic heterocycles. The average molecular weight is 310 g/mol. The first-order valence-corrected chi connectivity index (χ1v) is 8.02. The summed E-state index contributed by atoms with van der Waals surface area (Å²) in [5.74, 6) is 0.412. The van der Waals surface area contributed by atoms with Crippen LogP contribution in [0.5, 0.6) is 0 Å². The van der Waals surface area contributed by atoms with Gasteiger partial charge < -0.3 is 10.3 Å². The van der Waals surface area contributed by atoms with Gasteiger partial charge in [-0.05, 0) is 36.1 Å². The largest absolute Gasteiger partial charge is 0.351 e. The fourth-order valence-corrected chi connectivity index (χ4v) is 2.60.